The first-order valence-electron chi connectivity index (χ1n) is 12.4. The van der Waals surface area contributed by atoms with Crippen LogP contribution in [0, 0.1) is 0 Å². The third kappa shape index (κ3) is 6.52. The van der Waals surface area contributed by atoms with Gasteiger partial charge < -0.3 is 36.6 Å². The fraction of sp³-hybridized carbons (Fsp3) is 0.391. The Morgan fingerprint density at radius 2 is 2.12 bits per heavy atom. The third-order valence-electron chi connectivity index (χ3n) is 6.11. The molecule has 2 unspecified atom stereocenters. The molecule has 0 bridgehead atoms. The lowest BCUT2D eigenvalue weighted by Gasteiger charge is -2.50. The van der Waals surface area contributed by atoms with Gasteiger partial charge in [-0.05, 0) is 35.7 Å². The van der Waals surface area contributed by atoms with Crippen molar-refractivity contribution in [2.75, 3.05) is 28.8 Å². The molecule has 4 heterocycles. The fourth-order valence-corrected chi connectivity index (χ4v) is 7.00. The SMILES string of the molecule is CCc1c[n+](N)c(SCC2=C(C(=O)[O-])N3C(=O)C(NC(=O)/C(=N\OC(C)CC(=O)O)c4csc(N)n4)[C@H]3SC2)nc1N. The van der Waals surface area contributed by atoms with E-state index in [1.165, 1.54) is 28.7 Å². The van der Waals surface area contributed by atoms with E-state index in [9.17, 15) is 24.3 Å². The summed E-state index contributed by atoms with van der Waals surface area (Å²) in [7, 11) is 0. The first kappa shape index (κ1) is 30.8. The van der Waals surface area contributed by atoms with E-state index in [2.05, 4.69) is 20.4 Å². The molecule has 19 heteroatoms. The standard InChI is InChI=1S/C23H27N9O7S3/c1-3-10-5-31(26)23(29-17(10)24)42-7-11-6-40-20-15(19(36)32(20)16(11)21(37)38)28-18(35)14(12-8-41-22(25)27-12)30-39-9(2)4-13(33)34/h5,8-9,15,20,24H,3-4,6-7,26H2,1-2H3,(H5,25,27,28,33,34,35,37,38)/b30-14-/t9?,15?,20-/m1/s1. The Morgan fingerprint density at radius 1 is 1.38 bits per heavy atom. The van der Waals surface area contributed by atoms with Crippen LogP contribution in [0.4, 0.5) is 10.9 Å². The van der Waals surface area contributed by atoms with Crippen molar-refractivity contribution in [2.45, 2.75) is 49.4 Å². The predicted octanol–water partition coefficient (Wildman–Crippen LogP) is -1.95. The van der Waals surface area contributed by atoms with Gasteiger partial charge in [0.1, 0.15) is 29.4 Å². The van der Waals surface area contributed by atoms with Gasteiger partial charge in [0.25, 0.3) is 11.8 Å². The van der Waals surface area contributed by atoms with Crippen molar-refractivity contribution in [3.05, 3.63) is 34.1 Å². The van der Waals surface area contributed by atoms with E-state index in [4.69, 9.17) is 27.3 Å². The number of carbonyl (C=O) groups is 4. The number of nitrogens with two attached hydrogens (primary N) is 3. The van der Waals surface area contributed by atoms with Crippen molar-refractivity contribution in [1.29, 1.82) is 0 Å². The van der Waals surface area contributed by atoms with Gasteiger partial charge in [-0.2, -0.15) is 0 Å². The minimum atomic E-state index is -1.54. The van der Waals surface area contributed by atoms with E-state index < -0.39 is 41.3 Å². The van der Waals surface area contributed by atoms with E-state index in [0.29, 0.717) is 23.0 Å². The number of hydrogen-bond donors (Lipinski definition) is 5. The summed E-state index contributed by atoms with van der Waals surface area (Å²) in [4.78, 5) is 63.9. The molecule has 224 valence electrons. The summed E-state index contributed by atoms with van der Waals surface area (Å²) in [6.07, 6.45) is 1.04. The molecule has 0 spiro atoms. The van der Waals surface area contributed by atoms with E-state index in [1.54, 1.807) is 6.20 Å². The Hall–Kier alpha value is -4.10. The number of carbonyl (C=O) groups excluding carboxylic acids is 3. The van der Waals surface area contributed by atoms with E-state index in [0.717, 1.165) is 33.6 Å². The van der Waals surface area contributed by atoms with E-state index in [-0.39, 0.29) is 40.2 Å². The van der Waals surface area contributed by atoms with Crippen molar-refractivity contribution in [2.24, 2.45) is 5.16 Å². The molecule has 2 aromatic rings. The summed E-state index contributed by atoms with van der Waals surface area (Å²) in [5, 5.41) is 28.6. The second-order valence-corrected chi connectivity index (χ2v) is 12.0. The minimum absolute atomic E-state index is 0.0606. The number of amides is 2. The van der Waals surface area contributed by atoms with Crippen molar-refractivity contribution in [3.8, 4) is 0 Å². The zero-order valence-electron chi connectivity index (χ0n) is 22.3. The Kier molecular flexibility index (Phi) is 9.42. The van der Waals surface area contributed by atoms with Crippen LogP contribution < -0.4 is 32.4 Å². The smallest absolute Gasteiger partial charge is 0.384 e. The maximum Gasteiger partial charge on any atom is 0.384 e. The van der Waals surface area contributed by atoms with Crippen LogP contribution in [0.2, 0.25) is 0 Å². The molecule has 2 aliphatic heterocycles. The Morgan fingerprint density at radius 3 is 2.74 bits per heavy atom. The van der Waals surface area contributed by atoms with Gasteiger partial charge in [0.05, 0.1) is 23.7 Å². The highest BCUT2D eigenvalue weighted by Crippen LogP contribution is 2.41. The van der Waals surface area contributed by atoms with Crippen molar-refractivity contribution in [3.63, 3.8) is 0 Å². The summed E-state index contributed by atoms with van der Waals surface area (Å²) in [5.41, 5.74) is 12.3. The number of nitrogens with zero attached hydrogens (tertiary/aromatic N) is 5. The number of nitrogen functional groups attached to an aromatic ring is 3. The van der Waals surface area contributed by atoms with Gasteiger partial charge in [-0.15, -0.1) is 27.8 Å². The number of nitrogens with one attached hydrogen (secondary N) is 1. The van der Waals surface area contributed by atoms with Crippen LogP contribution in [0.15, 0.2) is 33.2 Å². The molecule has 2 amide bonds. The number of fused-ring (bicyclic) bond motifs is 1. The second kappa shape index (κ2) is 12.8. The second-order valence-electron chi connectivity index (χ2n) is 9.11. The lowest BCUT2D eigenvalue weighted by molar-refractivity contribution is -0.682. The summed E-state index contributed by atoms with van der Waals surface area (Å²) in [6, 6.07) is -1.09. The summed E-state index contributed by atoms with van der Waals surface area (Å²) in [6.45, 7) is 3.36. The van der Waals surface area contributed by atoms with E-state index in [1.807, 2.05) is 6.92 Å². The van der Waals surface area contributed by atoms with Crippen LogP contribution in [0.1, 0.15) is 31.5 Å². The topological polar surface area (TPSA) is 256 Å². The number of hydrogen-bond acceptors (Lipinski definition) is 15. The molecule has 1 fully saturated rings. The number of aryl methyl sites for hydroxylation is 1. The molecule has 0 aliphatic carbocycles. The van der Waals surface area contributed by atoms with Crippen LogP contribution in [0.5, 0.6) is 0 Å². The number of thiazole rings is 1. The molecule has 0 saturated carbocycles. The van der Waals surface area contributed by atoms with Gasteiger partial charge >= 0.3 is 11.1 Å². The van der Waals surface area contributed by atoms with Gasteiger partial charge in [0.15, 0.2) is 10.8 Å². The fourth-order valence-electron chi connectivity index (χ4n) is 4.07. The van der Waals surface area contributed by atoms with Crippen LogP contribution in [-0.4, -0.2) is 78.5 Å². The average molecular weight is 638 g/mol. The quantitative estimate of drug-likeness (QED) is 0.0322. The van der Waals surface area contributed by atoms with Crippen molar-refractivity contribution >= 4 is 75.3 Å². The van der Waals surface area contributed by atoms with E-state index >= 15 is 0 Å². The molecule has 0 radical (unpaired) electrons. The van der Waals surface area contributed by atoms with Crippen molar-refractivity contribution < 1.29 is 38.9 Å². The summed E-state index contributed by atoms with van der Waals surface area (Å²) < 4.78 is 1.31. The number of β-lactam (4-membered cyclic amide) rings is 1. The number of rotatable bonds is 12. The molecule has 2 aliphatic rings. The molecule has 8 N–H and O–H groups in total. The third-order valence-corrected chi connectivity index (χ3v) is 9.18. The highest BCUT2D eigenvalue weighted by Gasteiger charge is 2.53. The monoisotopic (exact) mass is 637 g/mol. The van der Waals surface area contributed by atoms with Gasteiger partial charge in [-0.25, -0.2) is 4.98 Å². The van der Waals surface area contributed by atoms with Crippen molar-refractivity contribution in [1.82, 2.24) is 20.2 Å². The zero-order chi connectivity index (χ0) is 30.7. The summed E-state index contributed by atoms with van der Waals surface area (Å²) in [5.74, 6) is 2.54. The number of oxime groups is 1. The summed E-state index contributed by atoms with van der Waals surface area (Å²) >= 11 is 3.45. The number of anilines is 2. The molecular weight excluding hydrogens is 611 g/mol. The first-order valence-corrected chi connectivity index (χ1v) is 15.3. The Labute approximate surface area is 251 Å². The number of aliphatic carboxylic acids is 2. The first-order chi connectivity index (χ1) is 19.9. The molecular formula is C23H27N9O7S3. The zero-order valence-corrected chi connectivity index (χ0v) is 24.8. The lowest BCUT2D eigenvalue weighted by Crippen LogP contribution is -2.71. The maximum absolute atomic E-state index is 13.2. The number of carboxylic acids is 2. The van der Waals surface area contributed by atoms with Crippen LogP contribution >= 0.6 is 34.9 Å². The predicted molar refractivity (Wildman–Crippen MR) is 152 cm³/mol. The lowest BCUT2D eigenvalue weighted by atomic mass is 10.0. The van der Waals surface area contributed by atoms with Gasteiger partial charge in [0.2, 0.25) is 5.82 Å². The van der Waals surface area contributed by atoms with Gasteiger partial charge in [0, 0.05) is 16.9 Å². The largest absolute Gasteiger partial charge is 0.543 e. The number of thioether (sulfide) groups is 2. The maximum atomic E-state index is 13.2. The van der Waals surface area contributed by atoms with Crippen LogP contribution in [0.3, 0.4) is 0 Å². The Bertz CT molecular complexity index is 1500. The highest BCUT2D eigenvalue weighted by atomic mass is 32.2. The van der Waals surface area contributed by atoms with Gasteiger partial charge in [-0.1, -0.05) is 12.1 Å². The average Bonchev–Trinajstić information content (AvgIpc) is 3.36. The normalized spacial score (nSPS) is 19.1. The minimum Gasteiger partial charge on any atom is -0.543 e. The molecule has 16 nitrogen and oxygen atoms in total. The van der Waals surface area contributed by atoms with Gasteiger partial charge in [-0.3, -0.25) is 25.1 Å². The molecule has 1 saturated heterocycles. The molecule has 42 heavy (non-hydrogen) atoms. The van der Waals surface area contributed by atoms with Crippen LogP contribution in [0.25, 0.3) is 0 Å². The molecule has 2 aromatic heterocycles. The highest BCUT2D eigenvalue weighted by molar-refractivity contribution is 8.01. The number of aromatic nitrogens is 3. The molecule has 3 atom stereocenters. The van der Waals surface area contributed by atoms with Crippen LogP contribution in [-0.2, 0) is 30.4 Å². The number of carboxylic acid groups (broad SMARTS) is 2. The Balaban J connectivity index is 1.50. The molecule has 4 rings (SSSR count). The molecule has 0 aromatic carbocycles.